The Hall–Kier alpha value is -1.94. The SMILES string of the molecule is CC(C)N(C)[C@@H]1CC[C@H](NC(=O)CNC(=O)c2cc(C(C)(C)C)nn2C)[C@@H](CS(C)(=O)=O)C1. The van der Waals surface area contributed by atoms with Crippen molar-refractivity contribution >= 4 is 21.7 Å². The van der Waals surface area contributed by atoms with Gasteiger partial charge < -0.3 is 15.5 Å². The van der Waals surface area contributed by atoms with Gasteiger partial charge in [-0.25, -0.2) is 8.42 Å². The molecule has 0 saturated heterocycles. The summed E-state index contributed by atoms with van der Waals surface area (Å²) in [5.41, 5.74) is 0.997. The van der Waals surface area contributed by atoms with Gasteiger partial charge in [-0.1, -0.05) is 20.8 Å². The van der Waals surface area contributed by atoms with Gasteiger partial charge in [0.05, 0.1) is 18.0 Å². The van der Waals surface area contributed by atoms with E-state index < -0.39 is 9.84 Å². The summed E-state index contributed by atoms with van der Waals surface area (Å²) in [6.07, 6.45) is 3.54. The molecule has 0 spiro atoms. The van der Waals surface area contributed by atoms with Crippen LogP contribution in [0.2, 0.25) is 0 Å². The maximum atomic E-state index is 12.6. The molecule has 0 bridgehead atoms. The van der Waals surface area contributed by atoms with Crippen molar-refractivity contribution in [3.63, 3.8) is 0 Å². The van der Waals surface area contributed by atoms with E-state index in [9.17, 15) is 18.0 Å². The molecule has 3 atom stereocenters. The largest absolute Gasteiger partial charge is 0.352 e. The van der Waals surface area contributed by atoms with Crippen molar-refractivity contribution in [2.45, 2.75) is 77.4 Å². The average molecular weight is 484 g/mol. The Labute approximate surface area is 198 Å². The number of sulfone groups is 1. The van der Waals surface area contributed by atoms with Crippen LogP contribution < -0.4 is 10.6 Å². The number of nitrogens with zero attached hydrogens (tertiary/aromatic N) is 3. The predicted molar refractivity (Wildman–Crippen MR) is 130 cm³/mol. The van der Waals surface area contributed by atoms with E-state index in [0.29, 0.717) is 24.6 Å². The lowest BCUT2D eigenvalue weighted by atomic mass is 9.81. The monoisotopic (exact) mass is 483 g/mol. The number of carbonyl (C=O) groups excluding carboxylic acids is 2. The minimum absolute atomic E-state index is 0.0390. The van der Waals surface area contributed by atoms with Gasteiger partial charge in [0, 0.05) is 36.8 Å². The lowest BCUT2D eigenvalue weighted by molar-refractivity contribution is -0.121. The zero-order chi connectivity index (χ0) is 25.1. The van der Waals surface area contributed by atoms with Crippen molar-refractivity contribution in [1.82, 2.24) is 25.3 Å². The molecule has 33 heavy (non-hydrogen) atoms. The molecule has 9 nitrogen and oxygen atoms in total. The van der Waals surface area contributed by atoms with Crippen LogP contribution >= 0.6 is 0 Å². The van der Waals surface area contributed by atoms with Crippen LogP contribution in [0.15, 0.2) is 6.07 Å². The summed E-state index contributed by atoms with van der Waals surface area (Å²) < 4.78 is 25.6. The molecule has 1 aliphatic rings. The highest BCUT2D eigenvalue weighted by molar-refractivity contribution is 7.90. The molecule has 1 fully saturated rings. The van der Waals surface area contributed by atoms with E-state index in [1.807, 2.05) is 20.8 Å². The molecule has 1 aliphatic carbocycles. The highest BCUT2D eigenvalue weighted by Crippen LogP contribution is 2.30. The topological polar surface area (TPSA) is 113 Å². The molecule has 0 radical (unpaired) electrons. The summed E-state index contributed by atoms with van der Waals surface area (Å²) in [5, 5.41) is 10.0. The Morgan fingerprint density at radius 1 is 1.27 bits per heavy atom. The normalized spacial score (nSPS) is 21.9. The van der Waals surface area contributed by atoms with Crippen LogP contribution in [0.25, 0.3) is 0 Å². The second kappa shape index (κ2) is 10.5. The van der Waals surface area contributed by atoms with Crippen LogP contribution in [0.4, 0.5) is 0 Å². The minimum atomic E-state index is -3.19. The molecule has 1 aromatic rings. The number of nitrogens with one attached hydrogen (secondary N) is 2. The smallest absolute Gasteiger partial charge is 0.269 e. The summed E-state index contributed by atoms with van der Waals surface area (Å²) in [7, 11) is 0.574. The van der Waals surface area contributed by atoms with Gasteiger partial charge in [0.25, 0.3) is 5.91 Å². The molecule has 10 heteroatoms. The van der Waals surface area contributed by atoms with E-state index in [0.717, 1.165) is 12.1 Å². The maximum Gasteiger partial charge on any atom is 0.269 e. The molecule has 1 saturated carbocycles. The summed E-state index contributed by atoms with van der Waals surface area (Å²) in [5.74, 6) is -0.811. The van der Waals surface area contributed by atoms with Crippen molar-refractivity contribution in [1.29, 1.82) is 0 Å². The van der Waals surface area contributed by atoms with Crippen molar-refractivity contribution < 1.29 is 18.0 Å². The average Bonchev–Trinajstić information content (AvgIpc) is 3.08. The third-order valence-electron chi connectivity index (χ3n) is 6.50. The Bertz CT molecular complexity index is 949. The number of amides is 2. The Kier molecular flexibility index (Phi) is 8.73. The van der Waals surface area contributed by atoms with Crippen LogP contribution in [-0.4, -0.2) is 78.6 Å². The lowest BCUT2D eigenvalue weighted by Crippen LogP contribution is -2.52. The highest BCUT2D eigenvalue weighted by Gasteiger charge is 2.35. The van der Waals surface area contributed by atoms with Crippen LogP contribution in [-0.2, 0) is 27.1 Å². The van der Waals surface area contributed by atoms with E-state index in [2.05, 4.69) is 41.5 Å². The molecule has 1 heterocycles. The first-order valence-corrected chi connectivity index (χ1v) is 13.7. The molecule has 0 aromatic carbocycles. The molecular weight excluding hydrogens is 442 g/mol. The van der Waals surface area contributed by atoms with Crippen molar-refractivity contribution in [3.05, 3.63) is 17.5 Å². The molecular formula is C23H41N5O4S. The molecule has 188 valence electrons. The van der Waals surface area contributed by atoms with Crippen molar-refractivity contribution in [2.75, 3.05) is 25.6 Å². The first kappa shape index (κ1) is 27.3. The predicted octanol–water partition coefficient (Wildman–Crippen LogP) is 1.49. The minimum Gasteiger partial charge on any atom is -0.352 e. The zero-order valence-corrected chi connectivity index (χ0v) is 22.1. The van der Waals surface area contributed by atoms with Gasteiger partial charge in [-0.3, -0.25) is 14.3 Å². The van der Waals surface area contributed by atoms with E-state index in [1.54, 1.807) is 13.1 Å². The molecule has 1 aromatic heterocycles. The Balaban J connectivity index is 2.00. The van der Waals surface area contributed by atoms with Gasteiger partial charge in [0.1, 0.15) is 15.5 Å². The number of hydrogen-bond acceptors (Lipinski definition) is 6. The summed E-state index contributed by atoms with van der Waals surface area (Å²) in [4.78, 5) is 27.5. The summed E-state index contributed by atoms with van der Waals surface area (Å²) in [6.45, 7) is 10.1. The number of carbonyl (C=O) groups is 2. The van der Waals surface area contributed by atoms with E-state index in [-0.39, 0.29) is 47.5 Å². The van der Waals surface area contributed by atoms with Gasteiger partial charge >= 0.3 is 0 Å². The van der Waals surface area contributed by atoms with Crippen LogP contribution in [0.3, 0.4) is 0 Å². The van der Waals surface area contributed by atoms with Gasteiger partial charge in [-0.2, -0.15) is 5.10 Å². The van der Waals surface area contributed by atoms with Crippen molar-refractivity contribution in [3.8, 4) is 0 Å². The number of hydrogen-bond donors (Lipinski definition) is 2. The van der Waals surface area contributed by atoms with Gasteiger partial charge in [-0.15, -0.1) is 0 Å². The number of aromatic nitrogens is 2. The lowest BCUT2D eigenvalue weighted by Gasteiger charge is -2.41. The van der Waals surface area contributed by atoms with Gasteiger partial charge in [0.15, 0.2) is 0 Å². The first-order chi connectivity index (χ1) is 15.1. The van der Waals surface area contributed by atoms with Gasteiger partial charge in [-0.05, 0) is 52.1 Å². The Morgan fingerprint density at radius 3 is 2.42 bits per heavy atom. The standard InChI is InChI=1S/C23H41N5O4S/c1-15(2)27(6)17-9-10-18(16(11-17)14-33(8,31)32)25-21(29)13-24-22(30)19-12-20(23(3,4)5)26-28(19)7/h12,15-18H,9-11,13-14H2,1-8H3,(H,24,30)(H,25,29)/t16-,17-,18+/m1/s1. The number of aryl methyl sites for hydroxylation is 1. The van der Waals surface area contributed by atoms with Crippen LogP contribution in [0.1, 0.15) is 70.1 Å². The fourth-order valence-corrected chi connectivity index (χ4v) is 5.50. The zero-order valence-electron chi connectivity index (χ0n) is 21.3. The quantitative estimate of drug-likeness (QED) is 0.579. The Morgan fingerprint density at radius 2 is 1.91 bits per heavy atom. The molecule has 2 amide bonds. The molecule has 2 rings (SSSR count). The van der Waals surface area contributed by atoms with E-state index >= 15 is 0 Å². The second-order valence-corrected chi connectivity index (χ2v) is 12.9. The second-order valence-electron chi connectivity index (χ2n) is 10.7. The van der Waals surface area contributed by atoms with Gasteiger partial charge in [0.2, 0.25) is 5.91 Å². The molecule has 0 unspecified atom stereocenters. The van der Waals surface area contributed by atoms with Crippen LogP contribution in [0.5, 0.6) is 0 Å². The third kappa shape index (κ3) is 7.81. The summed E-state index contributed by atoms with van der Waals surface area (Å²) in [6, 6.07) is 2.15. The van der Waals surface area contributed by atoms with E-state index in [1.165, 1.54) is 10.9 Å². The van der Waals surface area contributed by atoms with E-state index in [4.69, 9.17) is 0 Å². The summed E-state index contributed by atoms with van der Waals surface area (Å²) >= 11 is 0. The van der Waals surface area contributed by atoms with Crippen LogP contribution in [0, 0.1) is 5.92 Å². The first-order valence-electron chi connectivity index (χ1n) is 11.6. The highest BCUT2D eigenvalue weighted by atomic mass is 32.2. The fraction of sp³-hybridized carbons (Fsp3) is 0.783. The maximum absolute atomic E-state index is 12.6. The fourth-order valence-electron chi connectivity index (χ4n) is 4.35. The van der Waals surface area contributed by atoms with Crippen molar-refractivity contribution in [2.24, 2.45) is 13.0 Å². The third-order valence-corrected chi connectivity index (χ3v) is 7.53. The molecule has 2 N–H and O–H groups in total. The number of rotatable bonds is 8. The molecule has 0 aliphatic heterocycles.